The van der Waals surface area contributed by atoms with Crippen LogP contribution in [0.15, 0.2) is 24.3 Å². The molecule has 1 aliphatic heterocycles. The van der Waals surface area contributed by atoms with Crippen LogP contribution in [0.5, 0.6) is 0 Å². The maximum atomic E-state index is 11.9. The van der Waals surface area contributed by atoms with Crippen molar-refractivity contribution in [2.75, 3.05) is 17.3 Å². The summed E-state index contributed by atoms with van der Waals surface area (Å²) in [5.74, 6) is 0.0975. The maximum absolute atomic E-state index is 11.9. The lowest BCUT2D eigenvalue weighted by Crippen LogP contribution is -2.24. The molecule has 2 rings (SSSR count). The smallest absolute Gasteiger partial charge is 0.303 e. The fourth-order valence-electron chi connectivity index (χ4n) is 2.42. The molecule has 1 saturated heterocycles. The van der Waals surface area contributed by atoms with Crippen molar-refractivity contribution in [3.8, 4) is 0 Å². The zero-order valence-electron chi connectivity index (χ0n) is 11.2. The van der Waals surface area contributed by atoms with E-state index >= 15 is 0 Å². The van der Waals surface area contributed by atoms with Gasteiger partial charge in [0, 0.05) is 31.0 Å². The molecular formula is C15H18ClNO3. The molecule has 0 radical (unpaired) electrons. The zero-order chi connectivity index (χ0) is 14.5. The number of carbonyl (C=O) groups is 2. The summed E-state index contributed by atoms with van der Waals surface area (Å²) in [6.07, 6.45) is 2.07. The van der Waals surface area contributed by atoms with Crippen LogP contribution in [0.2, 0.25) is 0 Å². The van der Waals surface area contributed by atoms with E-state index in [4.69, 9.17) is 16.7 Å². The van der Waals surface area contributed by atoms with E-state index in [1.807, 2.05) is 24.3 Å². The first-order chi connectivity index (χ1) is 9.60. The van der Waals surface area contributed by atoms with Crippen LogP contribution >= 0.6 is 11.6 Å². The molecular weight excluding hydrogens is 278 g/mol. The largest absolute Gasteiger partial charge is 0.481 e. The van der Waals surface area contributed by atoms with Crippen LogP contribution in [0.25, 0.3) is 0 Å². The van der Waals surface area contributed by atoms with Gasteiger partial charge < -0.3 is 10.0 Å². The Balaban J connectivity index is 1.94. The monoisotopic (exact) mass is 295 g/mol. The summed E-state index contributed by atoms with van der Waals surface area (Å²) in [5.41, 5.74) is 1.99. The molecule has 4 nitrogen and oxygen atoms in total. The topological polar surface area (TPSA) is 57.6 Å². The number of aliphatic carboxylic acids is 1. The molecule has 0 aliphatic carbocycles. The number of benzene rings is 1. The van der Waals surface area contributed by atoms with Crippen molar-refractivity contribution >= 4 is 29.2 Å². The van der Waals surface area contributed by atoms with Gasteiger partial charge in [-0.05, 0) is 36.5 Å². The van der Waals surface area contributed by atoms with Gasteiger partial charge in [-0.1, -0.05) is 12.1 Å². The van der Waals surface area contributed by atoms with Crippen LogP contribution in [0, 0.1) is 5.92 Å². The second-order valence-electron chi connectivity index (χ2n) is 5.14. The van der Waals surface area contributed by atoms with Crippen molar-refractivity contribution in [3.63, 3.8) is 0 Å². The molecule has 1 aliphatic rings. The number of rotatable bonds is 6. The van der Waals surface area contributed by atoms with Gasteiger partial charge in [0.05, 0.1) is 0 Å². The van der Waals surface area contributed by atoms with E-state index in [-0.39, 0.29) is 18.2 Å². The predicted molar refractivity (Wildman–Crippen MR) is 78.2 cm³/mol. The number of carboxylic acid groups (broad SMARTS) is 1. The molecule has 1 N–H and O–H groups in total. The first-order valence-corrected chi connectivity index (χ1v) is 7.30. The molecule has 1 heterocycles. The highest BCUT2D eigenvalue weighted by molar-refractivity contribution is 6.18. The molecule has 0 saturated carbocycles. The average Bonchev–Trinajstić information content (AvgIpc) is 2.80. The second-order valence-corrected chi connectivity index (χ2v) is 5.45. The van der Waals surface area contributed by atoms with Crippen LogP contribution in [0.1, 0.15) is 24.8 Å². The van der Waals surface area contributed by atoms with Gasteiger partial charge in [-0.15, -0.1) is 11.6 Å². The normalized spacial score (nSPS) is 18.6. The summed E-state index contributed by atoms with van der Waals surface area (Å²) in [5, 5.41) is 8.60. The molecule has 108 valence electrons. The second kappa shape index (κ2) is 6.75. The molecule has 5 heteroatoms. The van der Waals surface area contributed by atoms with E-state index in [1.165, 1.54) is 0 Å². The van der Waals surface area contributed by atoms with Crippen molar-refractivity contribution in [1.29, 1.82) is 0 Å². The van der Waals surface area contributed by atoms with Crippen molar-refractivity contribution < 1.29 is 14.7 Å². The highest BCUT2D eigenvalue weighted by Crippen LogP contribution is 2.26. The lowest BCUT2D eigenvalue weighted by molar-refractivity contribution is -0.137. The number of hydrogen-bond acceptors (Lipinski definition) is 2. The Morgan fingerprint density at radius 1 is 1.35 bits per heavy atom. The summed E-state index contributed by atoms with van der Waals surface area (Å²) in [4.78, 5) is 24.1. The third-order valence-electron chi connectivity index (χ3n) is 3.53. The van der Waals surface area contributed by atoms with Gasteiger partial charge >= 0.3 is 5.97 Å². The number of carboxylic acids is 1. The van der Waals surface area contributed by atoms with Crippen LogP contribution in [0.3, 0.4) is 0 Å². The summed E-state index contributed by atoms with van der Waals surface area (Å²) in [6.45, 7) is 0.681. The zero-order valence-corrected chi connectivity index (χ0v) is 12.0. The first-order valence-electron chi connectivity index (χ1n) is 6.77. The molecule has 0 bridgehead atoms. The van der Waals surface area contributed by atoms with Crippen LogP contribution < -0.4 is 4.90 Å². The SMILES string of the molecule is O=C(O)CCCc1ccc(N2CC(CCl)CC2=O)cc1. The minimum atomic E-state index is -0.767. The van der Waals surface area contributed by atoms with E-state index in [0.29, 0.717) is 25.3 Å². The van der Waals surface area contributed by atoms with Crippen LogP contribution in [0.4, 0.5) is 5.69 Å². The molecule has 1 aromatic rings. The van der Waals surface area contributed by atoms with Gasteiger partial charge in [-0.25, -0.2) is 0 Å². The number of nitrogens with zero attached hydrogens (tertiary/aromatic N) is 1. The molecule has 1 fully saturated rings. The fraction of sp³-hybridized carbons (Fsp3) is 0.467. The summed E-state index contributed by atoms with van der Waals surface area (Å²) in [6, 6.07) is 7.76. The minimum Gasteiger partial charge on any atom is -0.481 e. The quantitative estimate of drug-likeness (QED) is 0.821. The van der Waals surface area contributed by atoms with Crippen LogP contribution in [-0.4, -0.2) is 29.4 Å². The Bertz CT molecular complexity index is 486. The van der Waals surface area contributed by atoms with Crippen molar-refractivity contribution in [3.05, 3.63) is 29.8 Å². The molecule has 20 heavy (non-hydrogen) atoms. The first kappa shape index (κ1) is 14.9. The number of amides is 1. The van der Waals surface area contributed by atoms with E-state index in [0.717, 1.165) is 17.7 Å². The number of hydrogen-bond donors (Lipinski definition) is 1. The lowest BCUT2D eigenvalue weighted by atomic mass is 10.1. The van der Waals surface area contributed by atoms with Gasteiger partial charge in [-0.2, -0.15) is 0 Å². The van der Waals surface area contributed by atoms with E-state index in [1.54, 1.807) is 4.90 Å². The molecule has 0 aromatic heterocycles. The molecule has 1 aromatic carbocycles. The van der Waals surface area contributed by atoms with Gasteiger partial charge in [0.15, 0.2) is 0 Å². The predicted octanol–water partition coefficient (Wildman–Crippen LogP) is 2.69. The standard InChI is InChI=1S/C15H18ClNO3/c16-9-12-8-14(18)17(10-12)13-6-4-11(5-7-13)2-1-3-15(19)20/h4-7,12H,1-3,8-10H2,(H,19,20). The molecule has 1 atom stereocenters. The number of aryl methyl sites for hydroxylation is 1. The molecule has 0 spiro atoms. The van der Waals surface area contributed by atoms with Crippen molar-refractivity contribution in [2.45, 2.75) is 25.7 Å². The fourth-order valence-corrected chi connectivity index (χ4v) is 2.63. The number of halogens is 1. The Morgan fingerprint density at radius 3 is 2.60 bits per heavy atom. The number of carbonyl (C=O) groups excluding carboxylic acids is 1. The Labute approximate surface area is 123 Å². The van der Waals surface area contributed by atoms with Gasteiger partial charge in [0.25, 0.3) is 0 Å². The number of alkyl halides is 1. The maximum Gasteiger partial charge on any atom is 0.303 e. The Hall–Kier alpha value is -1.55. The summed E-state index contributed by atoms with van der Waals surface area (Å²) in [7, 11) is 0. The van der Waals surface area contributed by atoms with Gasteiger partial charge in [0.1, 0.15) is 0 Å². The number of anilines is 1. The van der Waals surface area contributed by atoms with Crippen molar-refractivity contribution in [2.24, 2.45) is 5.92 Å². The van der Waals surface area contributed by atoms with E-state index < -0.39 is 5.97 Å². The van der Waals surface area contributed by atoms with E-state index in [9.17, 15) is 9.59 Å². The summed E-state index contributed by atoms with van der Waals surface area (Å²) >= 11 is 5.81. The van der Waals surface area contributed by atoms with Crippen LogP contribution in [-0.2, 0) is 16.0 Å². The third kappa shape index (κ3) is 3.73. The Kier molecular flexibility index (Phi) is 5.01. The average molecular weight is 296 g/mol. The highest BCUT2D eigenvalue weighted by atomic mass is 35.5. The highest BCUT2D eigenvalue weighted by Gasteiger charge is 2.29. The Morgan fingerprint density at radius 2 is 2.05 bits per heavy atom. The van der Waals surface area contributed by atoms with Gasteiger partial charge in [0.2, 0.25) is 5.91 Å². The minimum absolute atomic E-state index is 0.120. The molecule has 1 amide bonds. The third-order valence-corrected chi connectivity index (χ3v) is 3.96. The van der Waals surface area contributed by atoms with Gasteiger partial charge in [-0.3, -0.25) is 9.59 Å². The molecule has 1 unspecified atom stereocenters. The lowest BCUT2D eigenvalue weighted by Gasteiger charge is -2.16. The van der Waals surface area contributed by atoms with E-state index in [2.05, 4.69) is 0 Å². The van der Waals surface area contributed by atoms with Crippen molar-refractivity contribution in [1.82, 2.24) is 0 Å². The summed E-state index contributed by atoms with van der Waals surface area (Å²) < 4.78 is 0.